The zero-order valence-electron chi connectivity index (χ0n) is 10.6. The third kappa shape index (κ3) is 5.17. The molecule has 0 fully saturated rings. The molecule has 0 aliphatic carbocycles. The van der Waals surface area contributed by atoms with Crippen LogP contribution in [0.2, 0.25) is 0 Å². The normalized spacial score (nSPS) is 14.9. The number of nitrogens with two attached hydrogens (primary N) is 1. The number of nitrogens with zero attached hydrogens (tertiary/aromatic N) is 1. The second-order valence-corrected chi connectivity index (χ2v) is 3.09. The van der Waals surface area contributed by atoms with E-state index in [0.717, 1.165) is 11.1 Å². The van der Waals surface area contributed by atoms with Crippen molar-refractivity contribution in [1.29, 1.82) is 0 Å². The second-order valence-electron chi connectivity index (χ2n) is 3.09. The lowest BCUT2D eigenvalue weighted by Crippen LogP contribution is -1.98. The highest BCUT2D eigenvalue weighted by Crippen LogP contribution is 2.18. The van der Waals surface area contributed by atoms with Crippen LogP contribution in [-0.4, -0.2) is 25.2 Å². The average molecular weight is 236 g/mol. The summed E-state index contributed by atoms with van der Waals surface area (Å²) in [6.07, 6.45) is 9.99. The van der Waals surface area contributed by atoms with Crippen molar-refractivity contribution in [3.05, 3.63) is 47.4 Å². The van der Waals surface area contributed by atoms with E-state index >= 15 is 0 Å². The van der Waals surface area contributed by atoms with E-state index < -0.39 is 0 Å². The molecule has 0 aromatic heterocycles. The van der Waals surface area contributed by atoms with Gasteiger partial charge in [0.05, 0.1) is 32.0 Å². The number of aliphatic hydroxyl groups is 1. The van der Waals surface area contributed by atoms with E-state index in [1.54, 1.807) is 13.2 Å². The summed E-state index contributed by atoms with van der Waals surface area (Å²) in [5.74, 6) is 0. The molecule has 0 amide bonds. The molecule has 0 saturated heterocycles. The number of hydrogen-bond acceptors (Lipinski definition) is 3. The fraction of sp³-hybridized carbons (Fsp3) is 0.308. The van der Waals surface area contributed by atoms with E-state index in [-0.39, 0.29) is 6.61 Å². The molecule has 4 heteroatoms. The molecule has 0 aliphatic rings. The average Bonchev–Trinajstić information content (AvgIpc) is 2.35. The lowest BCUT2D eigenvalue weighted by molar-refractivity contribution is 0.333. The topological polar surface area (TPSA) is 67.8 Å². The van der Waals surface area contributed by atoms with Crippen LogP contribution in [0.3, 0.4) is 0 Å². The first-order chi connectivity index (χ1) is 8.24. The predicted octanol–water partition coefficient (Wildman–Crippen LogP) is 1.90. The van der Waals surface area contributed by atoms with Gasteiger partial charge in [0.2, 0.25) is 0 Å². The summed E-state index contributed by atoms with van der Waals surface area (Å²) in [7, 11) is 1.55. The van der Waals surface area contributed by atoms with Crippen LogP contribution in [0.25, 0.3) is 0 Å². The minimum Gasteiger partial charge on any atom is -0.504 e. The first kappa shape index (κ1) is 15.2. The molecule has 17 heavy (non-hydrogen) atoms. The van der Waals surface area contributed by atoms with E-state index in [4.69, 9.17) is 10.5 Å². The van der Waals surface area contributed by atoms with Gasteiger partial charge in [-0.2, -0.15) is 0 Å². The van der Waals surface area contributed by atoms with E-state index in [1.807, 2.05) is 32.1 Å². The van der Waals surface area contributed by atoms with Gasteiger partial charge in [-0.3, -0.25) is 0 Å². The predicted molar refractivity (Wildman–Crippen MR) is 71.5 cm³/mol. The van der Waals surface area contributed by atoms with Crippen molar-refractivity contribution in [3.63, 3.8) is 0 Å². The second kappa shape index (κ2) is 9.42. The Morgan fingerprint density at radius 1 is 1.35 bits per heavy atom. The molecule has 0 spiro atoms. The highest BCUT2D eigenvalue weighted by molar-refractivity contribution is 5.57. The Balaban J connectivity index is 5.64. The molecule has 0 heterocycles. The number of hydrogen-bond donors (Lipinski definition) is 2. The summed E-state index contributed by atoms with van der Waals surface area (Å²) in [5, 5.41) is 9.29. The summed E-state index contributed by atoms with van der Waals surface area (Å²) in [6, 6.07) is 0. The maximum atomic E-state index is 9.29. The van der Waals surface area contributed by atoms with Crippen LogP contribution in [-0.2, 0) is 4.74 Å². The minimum atomic E-state index is -0.0550. The molecular weight excluding hydrogens is 216 g/mol. The monoisotopic (exact) mass is 236 g/mol. The van der Waals surface area contributed by atoms with E-state index in [0.29, 0.717) is 5.70 Å². The van der Waals surface area contributed by atoms with Gasteiger partial charge in [-0.05, 0) is 25.5 Å². The Morgan fingerprint density at radius 2 is 2.06 bits per heavy atom. The SMILES string of the molecule is C\C=C/C(=C(\C=C\OC)N=CN)C(=C\C)/CO. The van der Waals surface area contributed by atoms with Gasteiger partial charge >= 0.3 is 0 Å². The Morgan fingerprint density at radius 3 is 2.47 bits per heavy atom. The fourth-order valence-electron chi connectivity index (χ4n) is 1.27. The number of allylic oxidation sites excluding steroid dienone is 4. The highest BCUT2D eigenvalue weighted by atomic mass is 16.5. The maximum Gasteiger partial charge on any atom is 0.0860 e. The molecule has 0 unspecified atom stereocenters. The quantitative estimate of drug-likeness (QED) is 0.320. The van der Waals surface area contributed by atoms with E-state index in [2.05, 4.69) is 4.99 Å². The van der Waals surface area contributed by atoms with Crippen LogP contribution >= 0.6 is 0 Å². The number of aliphatic hydroxyl groups excluding tert-OH is 1. The van der Waals surface area contributed by atoms with E-state index in [1.165, 1.54) is 12.6 Å². The maximum absolute atomic E-state index is 9.29. The standard InChI is InChI=1S/C13H20N2O2/c1-4-6-12(11(5-2)9-16)13(15-10-14)7-8-17-3/h4-8,10,16H,9H2,1-3H3,(H2,14,15)/b6-4-,8-7+,11-5-,13-12-. The van der Waals surface area contributed by atoms with Gasteiger partial charge in [0.15, 0.2) is 0 Å². The summed E-state index contributed by atoms with van der Waals surface area (Å²) in [6.45, 7) is 3.70. The van der Waals surface area contributed by atoms with Crippen molar-refractivity contribution < 1.29 is 9.84 Å². The first-order valence-corrected chi connectivity index (χ1v) is 5.32. The van der Waals surface area contributed by atoms with Gasteiger partial charge in [0, 0.05) is 5.57 Å². The number of methoxy groups -OCH3 is 1. The van der Waals surface area contributed by atoms with Gasteiger partial charge in [-0.1, -0.05) is 18.2 Å². The third-order valence-corrected chi connectivity index (χ3v) is 2.05. The highest BCUT2D eigenvalue weighted by Gasteiger charge is 2.05. The summed E-state index contributed by atoms with van der Waals surface area (Å²) in [5.41, 5.74) is 7.54. The van der Waals surface area contributed by atoms with Crippen LogP contribution in [0.15, 0.2) is 52.4 Å². The van der Waals surface area contributed by atoms with E-state index in [9.17, 15) is 5.11 Å². The van der Waals surface area contributed by atoms with Crippen molar-refractivity contribution in [2.45, 2.75) is 13.8 Å². The fourth-order valence-corrected chi connectivity index (χ4v) is 1.27. The molecule has 3 N–H and O–H groups in total. The molecule has 94 valence electrons. The van der Waals surface area contributed by atoms with Crippen LogP contribution in [0.1, 0.15) is 13.8 Å². The molecule has 0 aliphatic heterocycles. The van der Waals surface area contributed by atoms with Crippen molar-refractivity contribution in [2.24, 2.45) is 10.7 Å². The lowest BCUT2D eigenvalue weighted by Gasteiger charge is -2.07. The van der Waals surface area contributed by atoms with Crippen LogP contribution < -0.4 is 5.73 Å². The summed E-state index contributed by atoms with van der Waals surface area (Å²) in [4.78, 5) is 4.06. The Hall–Kier alpha value is -1.81. The van der Waals surface area contributed by atoms with Crippen molar-refractivity contribution >= 4 is 6.34 Å². The van der Waals surface area contributed by atoms with Crippen LogP contribution in [0.4, 0.5) is 0 Å². The molecule has 0 radical (unpaired) electrons. The Labute approximate surface area is 103 Å². The Kier molecular flexibility index (Phi) is 8.42. The van der Waals surface area contributed by atoms with Gasteiger partial charge in [-0.15, -0.1) is 0 Å². The third-order valence-electron chi connectivity index (χ3n) is 2.05. The van der Waals surface area contributed by atoms with Crippen molar-refractivity contribution in [3.8, 4) is 0 Å². The summed E-state index contributed by atoms with van der Waals surface area (Å²) >= 11 is 0. The lowest BCUT2D eigenvalue weighted by atomic mass is 10.0. The molecule has 0 bridgehead atoms. The zero-order valence-corrected chi connectivity index (χ0v) is 10.6. The molecule has 0 rings (SSSR count). The zero-order chi connectivity index (χ0) is 13.1. The number of aliphatic imine (C=N–C) groups is 1. The van der Waals surface area contributed by atoms with Crippen molar-refractivity contribution in [2.75, 3.05) is 13.7 Å². The van der Waals surface area contributed by atoms with Crippen LogP contribution in [0.5, 0.6) is 0 Å². The van der Waals surface area contributed by atoms with Gasteiger partial charge in [0.25, 0.3) is 0 Å². The number of rotatable bonds is 6. The first-order valence-electron chi connectivity index (χ1n) is 5.32. The molecule has 0 aromatic rings. The largest absolute Gasteiger partial charge is 0.504 e. The molecule has 4 nitrogen and oxygen atoms in total. The molecule has 0 atom stereocenters. The smallest absolute Gasteiger partial charge is 0.0860 e. The number of ether oxygens (including phenoxy) is 1. The summed E-state index contributed by atoms with van der Waals surface area (Å²) < 4.78 is 4.86. The van der Waals surface area contributed by atoms with Gasteiger partial charge in [0.1, 0.15) is 0 Å². The van der Waals surface area contributed by atoms with Gasteiger partial charge in [-0.25, -0.2) is 4.99 Å². The van der Waals surface area contributed by atoms with Crippen molar-refractivity contribution in [1.82, 2.24) is 0 Å². The molecule has 0 aromatic carbocycles. The molecule has 0 saturated carbocycles. The Bertz CT molecular complexity index is 364. The minimum absolute atomic E-state index is 0.0550. The van der Waals surface area contributed by atoms with Gasteiger partial charge < -0.3 is 15.6 Å². The molecular formula is C13H20N2O2. The van der Waals surface area contributed by atoms with Crippen LogP contribution in [0, 0.1) is 0 Å².